The molecule has 29 heavy (non-hydrogen) atoms. The Hall–Kier alpha value is -3.41. The highest BCUT2D eigenvalue weighted by Crippen LogP contribution is 2.20. The van der Waals surface area contributed by atoms with Crippen LogP contribution in [0.2, 0.25) is 0 Å². The Labute approximate surface area is 171 Å². The third-order valence-electron chi connectivity index (χ3n) is 4.68. The Morgan fingerprint density at radius 1 is 1.00 bits per heavy atom. The average molecular weight is 390 g/mol. The first-order valence-corrected chi connectivity index (χ1v) is 9.75. The highest BCUT2D eigenvalue weighted by atomic mass is 16.5. The van der Waals surface area contributed by atoms with Gasteiger partial charge in [-0.1, -0.05) is 42.5 Å². The van der Waals surface area contributed by atoms with Crippen LogP contribution >= 0.6 is 0 Å². The van der Waals surface area contributed by atoms with Crippen LogP contribution in [0, 0.1) is 0 Å². The van der Waals surface area contributed by atoms with Crippen LogP contribution in [0.3, 0.4) is 0 Å². The molecule has 6 heteroatoms. The van der Waals surface area contributed by atoms with Gasteiger partial charge in [0, 0.05) is 31.3 Å². The normalized spacial score (nSPS) is 10.4. The standard InChI is InChI=1S/C23H26N4O2/c1-4-27(5-2)21-15-20(25-22(26-21)18-9-7-6-8-10-18)23(28)24-16-17-11-13-19(29-3)14-12-17/h6-15H,4-5,16H2,1-3H3,(H,24,28). The largest absolute Gasteiger partial charge is 0.497 e. The lowest BCUT2D eigenvalue weighted by molar-refractivity contribution is 0.0946. The molecule has 3 rings (SSSR count). The zero-order valence-corrected chi connectivity index (χ0v) is 17.1. The predicted molar refractivity (Wildman–Crippen MR) is 115 cm³/mol. The van der Waals surface area contributed by atoms with E-state index in [-0.39, 0.29) is 5.91 Å². The maximum absolute atomic E-state index is 12.8. The molecule has 0 aliphatic carbocycles. The number of carbonyl (C=O) groups is 1. The molecule has 0 aliphatic heterocycles. The number of nitrogens with zero attached hydrogens (tertiary/aromatic N) is 3. The van der Waals surface area contributed by atoms with Gasteiger partial charge in [-0.05, 0) is 31.5 Å². The summed E-state index contributed by atoms with van der Waals surface area (Å²) in [4.78, 5) is 24.1. The zero-order valence-electron chi connectivity index (χ0n) is 17.1. The van der Waals surface area contributed by atoms with Gasteiger partial charge in [-0.25, -0.2) is 9.97 Å². The fourth-order valence-corrected chi connectivity index (χ4v) is 2.99. The number of hydrogen-bond donors (Lipinski definition) is 1. The molecule has 1 amide bonds. The van der Waals surface area contributed by atoms with Gasteiger partial charge in [-0.15, -0.1) is 0 Å². The summed E-state index contributed by atoms with van der Waals surface area (Å²) in [7, 11) is 1.63. The molecule has 0 aliphatic rings. The molecule has 0 unspecified atom stereocenters. The van der Waals surface area contributed by atoms with Crippen LogP contribution in [-0.4, -0.2) is 36.1 Å². The molecule has 0 bridgehead atoms. The lowest BCUT2D eigenvalue weighted by Crippen LogP contribution is -2.27. The van der Waals surface area contributed by atoms with Crippen molar-refractivity contribution in [2.75, 3.05) is 25.1 Å². The molecule has 0 radical (unpaired) electrons. The summed E-state index contributed by atoms with van der Waals surface area (Å²) in [6.07, 6.45) is 0. The Bertz CT molecular complexity index is 939. The van der Waals surface area contributed by atoms with Crippen molar-refractivity contribution in [2.45, 2.75) is 20.4 Å². The summed E-state index contributed by atoms with van der Waals surface area (Å²) in [5.41, 5.74) is 2.22. The number of benzene rings is 2. The number of anilines is 1. The summed E-state index contributed by atoms with van der Waals surface area (Å²) in [6, 6.07) is 19.1. The van der Waals surface area contributed by atoms with Crippen LogP contribution in [0.25, 0.3) is 11.4 Å². The van der Waals surface area contributed by atoms with Gasteiger partial charge in [-0.3, -0.25) is 4.79 Å². The third kappa shape index (κ3) is 5.10. The summed E-state index contributed by atoms with van der Waals surface area (Å²) in [5, 5.41) is 2.95. The maximum atomic E-state index is 12.8. The Morgan fingerprint density at radius 3 is 2.31 bits per heavy atom. The minimum Gasteiger partial charge on any atom is -0.497 e. The first-order chi connectivity index (χ1) is 14.1. The lowest BCUT2D eigenvalue weighted by atomic mass is 10.2. The average Bonchev–Trinajstić information content (AvgIpc) is 2.79. The topological polar surface area (TPSA) is 67.4 Å². The van der Waals surface area contributed by atoms with Gasteiger partial charge in [0.1, 0.15) is 17.3 Å². The number of ether oxygens (including phenoxy) is 1. The van der Waals surface area contributed by atoms with E-state index in [1.54, 1.807) is 13.2 Å². The van der Waals surface area contributed by atoms with Gasteiger partial charge in [0.15, 0.2) is 5.82 Å². The molecule has 0 spiro atoms. The van der Waals surface area contributed by atoms with E-state index in [4.69, 9.17) is 4.74 Å². The number of amides is 1. The number of methoxy groups -OCH3 is 1. The van der Waals surface area contributed by atoms with Gasteiger partial charge < -0.3 is 15.0 Å². The van der Waals surface area contributed by atoms with Crippen LogP contribution < -0.4 is 15.0 Å². The van der Waals surface area contributed by atoms with Gasteiger partial charge in [0.2, 0.25) is 0 Å². The lowest BCUT2D eigenvalue weighted by Gasteiger charge is -2.21. The molecule has 0 saturated heterocycles. The summed E-state index contributed by atoms with van der Waals surface area (Å²) in [5.74, 6) is 1.85. The van der Waals surface area contributed by atoms with Crippen molar-refractivity contribution in [1.29, 1.82) is 0 Å². The van der Waals surface area contributed by atoms with Crippen molar-refractivity contribution in [3.05, 3.63) is 71.9 Å². The van der Waals surface area contributed by atoms with Crippen molar-refractivity contribution >= 4 is 11.7 Å². The molecule has 1 aromatic heterocycles. The zero-order chi connectivity index (χ0) is 20.6. The second-order valence-corrected chi connectivity index (χ2v) is 6.50. The molecule has 0 atom stereocenters. The van der Waals surface area contributed by atoms with Crippen molar-refractivity contribution in [1.82, 2.24) is 15.3 Å². The highest BCUT2D eigenvalue weighted by molar-refractivity contribution is 5.93. The van der Waals surface area contributed by atoms with Crippen molar-refractivity contribution < 1.29 is 9.53 Å². The van der Waals surface area contributed by atoms with Gasteiger partial charge in [0.05, 0.1) is 7.11 Å². The highest BCUT2D eigenvalue weighted by Gasteiger charge is 2.15. The van der Waals surface area contributed by atoms with Crippen LogP contribution in [0.15, 0.2) is 60.7 Å². The van der Waals surface area contributed by atoms with Gasteiger partial charge >= 0.3 is 0 Å². The van der Waals surface area contributed by atoms with E-state index >= 15 is 0 Å². The number of rotatable bonds is 8. The Kier molecular flexibility index (Phi) is 6.79. The molecular formula is C23H26N4O2. The molecule has 3 aromatic rings. The van der Waals surface area contributed by atoms with Crippen LogP contribution in [-0.2, 0) is 6.54 Å². The first-order valence-electron chi connectivity index (χ1n) is 9.75. The first kappa shape index (κ1) is 20.3. The van der Waals surface area contributed by atoms with E-state index in [9.17, 15) is 4.79 Å². The van der Waals surface area contributed by atoms with E-state index < -0.39 is 0 Å². The number of aromatic nitrogens is 2. The Balaban J connectivity index is 1.85. The van der Waals surface area contributed by atoms with Crippen molar-refractivity contribution in [2.24, 2.45) is 0 Å². The van der Waals surface area contributed by atoms with Crippen LogP contribution in [0.4, 0.5) is 5.82 Å². The second kappa shape index (κ2) is 9.68. The van der Waals surface area contributed by atoms with Crippen LogP contribution in [0.5, 0.6) is 5.75 Å². The molecular weight excluding hydrogens is 364 g/mol. The second-order valence-electron chi connectivity index (χ2n) is 6.50. The molecule has 150 valence electrons. The van der Waals surface area contributed by atoms with E-state index in [0.717, 1.165) is 35.8 Å². The molecule has 6 nitrogen and oxygen atoms in total. The fraction of sp³-hybridized carbons (Fsp3) is 0.261. The maximum Gasteiger partial charge on any atom is 0.270 e. The molecule has 2 aromatic carbocycles. The van der Waals surface area contributed by atoms with E-state index in [2.05, 4.69) is 34.0 Å². The number of nitrogens with one attached hydrogen (secondary N) is 1. The van der Waals surface area contributed by atoms with E-state index in [0.29, 0.717) is 18.1 Å². The monoisotopic (exact) mass is 390 g/mol. The van der Waals surface area contributed by atoms with Gasteiger partial charge in [0.25, 0.3) is 5.91 Å². The summed E-state index contributed by atoms with van der Waals surface area (Å²) >= 11 is 0. The summed E-state index contributed by atoms with van der Waals surface area (Å²) in [6.45, 7) is 6.14. The minimum atomic E-state index is -0.228. The number of carbonyl (C=O) groups excluding carboxylic acids is 1. The van der Waals surface area contributed by atoms with E-state index in [1.807, 2.05) is 54.6 Å². The molecule has 0 fully saturated rings. The molecule has 0 saturated carbocycles. The predicted octanol–water partition coefficient (Wildman–Crippen LogP) is 3.93. The fourth-order valence-electron chi connectivity index (χ4n) is 2.99. The SMILES string of the molecule is CCN(CC)c1cc(C(=O)NCc2ccc(OC)cc2)nc(-c2ccccc2)n1. The van der Waals surface area contributed by atoms with Gasteiger partial charge in [-0.2, -0.15) is 0 Å². The summed E-state index contributed by atoms with van der Waals surface area (Å²) < 4.78 is 5.17. The minimum absolute atomic E-state index is 0.228. The van der Waals surface area contributed by atoms with Crippen LogP contribution in [0.1, 0.15) is 29.9 Å². The Morgan fingerprint density at radius 2 is 1.69 bits per heavy atom. The molecule has 1 N–H and O–H groups in total. The van der Waals surface area contributed by atoms with Crippen molar-refractivity contribution in [3.8, 4) is 17.1 Å². The van der Waals surface area contributed by atoms with Crippen molar-refractivity contribution in [3.63, 3.8) is 0 Å². The third-order valence-corrected chi connectivity index (χ3v) is 4.68. The smallest absolute Gasteiger partial charge is 0.270 e. The quantitative estimate of drug-likeness (QED) is 0.631. The number of hydrogen-bond acceptors (Lipinski definition) is 5. The van der Waals surface area contributed by atoms with E-state index in [1.165, 1.54) is 0 Å². The molecule has 1 heterocycles.